The second kappa shape index (κ2) is 8.90. The van der Waals surface area contributed by atoms with Gasteiger partial charge in [0.2, 0.25) is 0 Å². The van der Waals surface area contributed by atoms with Crippen LogP contribution < -0.4 is 14.8 Å². The highest BCUT2D eigenvalue weighted by Crippen LogP contribution is 2.36. The summed E-state index contributed by atoms with van der Waals surface area (Å²) < 4.78 is 20.1. The predicted molar refractivity (Wildman–Crippen MR) is 101 cm³/mol. The van der Waals surface area contributed by atoms with Crippen molar-refractivity contribution >= 4 is 29.2 Å². The topological polar surface area (TPSA) is 143 Å². The van der Waals surface area contributed by atoms with Gasteiger partial charge in [-0.05, 0) is 12.1 Å². The summed E-state index contributed by atoms with van der Waals surface area (Å²) in [6.45, 7) is -0.289. The number of ether oxygens (including phenoxy) is 4. The number of fused-ring (bicyclic) bond motifs is 1. The van der Waals surface area contributed by atoms with Crippen molar-refractivity contribution in [3.8, 4) is 11.5 Å². The normalized spacial score (nSPS) is 11.9. The van der Waals surface area contributed by atoms with Crippen LogP contribution in [0.25, 0.3) is 0 Å². The number of para-hydroxylation sites is 1. The maximum atomic E-state index is 12.4. The number of carbonyl (C=O) groups excluding carboxylic acids is 3. The van der Waals surface area contributed by atoms with Gasteiger partial charge in [-0.25, -0.2) is 9.59 Å². The summed E-state index contributed by atoms with van der Waals surface area (Å²) in [6.07, 6.45) is 0. The van der Waals surface area contributed by atoms with Crippen molar-refractivity contribution in [3.63, 3.8) is 0 Å². The highest BCUT2D eigenvalue weighted by Gasteiger charge is 2.28. The first-order valence-corrected chi connectivity index (χ1v) is 8.63. The molecule has 1 aliphatic rings. The van der Waals surface area contributed by atoms with Crippen LogP contribution in [-0.4, -0.2) is 49.7 Å². The van der Waals surface area contributed by atoms with Gasteiger partial charge in [0.25, 0.3) is 11.6 Å². The standard InChI is InChI=1S/C19H16N2O9/c1-27-18(23)11-4-2-3-5-13(11)20-17(22)10-30-19(24)12-8-15-16(29-7-6-28-15)9-14(12)21(25)26/h2-5,8-9H,6-7,10H2,1H3,(H,20,22). The molecule has 0 saturated carbocycles. The minimum atomic E-state index is -1.09. The Bertz CT molecular complexity index is 1020. The van der Waals surface area contributed by atoms with Gasteiger partial charge < -0.3 is 24.3 Å². The lowest BCUT2D eigenvalue weighted by atomic mass is 10.1. The van der Waals surface area contributed by atoms with E-state index in [4.69, 9.17) is 14.2 Å². The number of carbonyl (C=O) groups is 3. The molecule has 11 nitrogen and oxygen atoms in total. The third-order valence-electron chi connectivity index (χ3n) is 4.02. The largest absolute Gasteiger partial charge is 0.486 e. The molecule has 30 heavy (non-hydrogen) atoms. The fourth-order valence-electron chi connectivity index (χ4n) is 2.67. The number of rotatable bonds is 6. The SMILES string of the molecule is COC(=O)c1ccccc1NC(=O)COC(=O)c1cc2c(cc1[N+](=O)[O-])OCCO2. The first-order valence-electron chi connectivity index (χ1n) is 8.63. The van der Waals surface area contributed by atoms with E-state index in [9.17, 15) is 24.5 Å². The van der Waals surface area contributed by atoms with Crippen molar-refractivity contribution in [1.82, 2.24) is 0 Å². The summed E-state index contributed by atoms with van der Waals surface area (Å²) in [4.78, 5) is 46.8. The van der Waals surface area contributed by atoms with Crippen molar-refractivity contribution < 1.29 is 38.3 Å². The fourth-order valence-corrected chi connectivity index (χ4v) is 2.67. The molecule has 0 fully saturated rings. The lowest BCUT2D eigenvalue weighted by Crippen LogP contribution is -2.23. The summed E-state index contributed by atoms with van der Waals surface area (Å²) in [5.41, 5.74) is -0.648. The van der Waals surface area contributed by atoms with Crippen LogP contribution in [0, 0.1) is 10.1 Å². The third kappa shape index (κ3) is 4.46. The summed E-state index contributed by atoms with van der Waals surface area (Å²) >= 11 is 0. The van der Waals surface area contributed by atoms with Gasteiger partial charge in [-0.3, -0.25) is 14.9 Å². The monoisotopic (exact) mass is 416 g/mol. The molecule has 1 amide bonds. The van der Waals surface area contributed by atoms with Gasteiger partial charge in [0.15, 0.2) is 18.1 Å². The predicted octanol–water partition coefficient (Wildman–Crippen LogP) is 1.95. The van der Waals surface area contributed by atoms with Crippen LogP contribution in [0.4, 0.5) is 11.4 Å². The maximum Gasteiger partial charge on any atom is 0.345 e. The molecule has 0 saturated heterocycles. The van der Waals surface area contributed by atoms with Crippen LogP contribution in [-0.2, 0) is 14.3 Å². The second-order valence-corrected chi connectivity index (χ2v) is 5.93. The fraction of sp³-hybridized carbons (Fsp3) is 0.211. The van der Waals surface area contributed by atoms with Crippen molar-refractivity contribution in [3.05, 3.63) is 57.6 Å². The molecular weight excluding hydrogens is 400 g/mol. The Kier molecular flexibility index (Phi) is 6.11. The molecule has 11 heteroatoms. The number of nitro benzene ring substituents is 1. The molecule has 0 spiro atoms. The van der Waals surface area contributed by atoms with Crippen LogP contribution in [0.3, 0.4) is 0 Å². The van der Waals surface area contributed by atoms with Gasteiger partial charge in [-0.15, -0.1) is 0 Å². The highest BCUT2D eigenvalue weighted by molar-refractivity contribution is 6.02. The van der Waals surface area contributed by atoms with Gasteiger partial charge in [0, 0.05) is 6.07 Å². The number of hydrogen-bond acceptors (Lipinski definition) is 9. The Hall–Kier alpha value is -4.15. The first-order chi connectivity index (χ1) is 14.4. The number of nitrogens with one attached hydrogen (secondary N) is 1. The van der Waals surface area contributed by atoms with Crippen LogP contribution in [0.1, 0.15) is 20.7 Å². The zero-order valence-electron chi connectivity index (χ0n) is 15.7. The number of benzene rings is 2. The molecule has 2 aromatic carbocycles. The van der Waals surface area contributed by atoms with E-state index in [1.54, 1.807) is 12.1 Å². The Balaban J connectivity index is 1.71. The quantitative estimate of drug-likeness (QED) is 0.424. The van der Waals surface area contributed by atoms with E-state index in [1.807, 2.05) is 0 Å². The molecule has 0 bridgehead atoms. The minimum absolute atomic E-state index is 0.113. The molecule has 3 rings (SSSR count). The average Bonchev–Trinajstić information content (AvgIpc) is 2.76. The van der Waals surface area contributed by atoms with E-state index >= 15 is 0 Å². The van der Waals surface area contributed by atoms with Crippen molar-refractivity contribution in [2.75, 3.05) is 32.2 Å². The Labute approximate surface area is 169 Å². The number of nitro groups is 1. The molecule has 0 atom stereocenters. The highest BCUT2D eigenvalue weighted by atomic mass is 16.6. The summed E-state index contributed by atoms with van der Waals surface area (Å²) in [7, 11) is 1.20. The zero-order valence-corrected chi connectivity index (χ0v) is 15.7. The second-order valence-electron chi connectivity index (χ2n) is 5.93. The van der Waals surface area contributed by atoms with E-state index < -0.39 is 35.1 Å². The lowest BCUT2D eigenvalue weighted by Gasteiger charge is -2.18. The van der Waals surface area contributed by atoms with Crippen molar-refractivity contribution in [2.24, 2.45) is 0 Å². The number of methoxy groups -OCH3 is 1. The average molecular weight is 416 g/mol. The van der Waals surface area contributed by atoms with Gasteiger partial charge in [0.05, 0.1) is 29.4 Å². The van der Waals surface area contributed by atoms with E-state index in [-0.39, 0.29) is 41.5 Å². The van der Waals surface area contributed by atoms with Crippen LogP contribution in [0.2, 0.25) is 0 Å². The molecule has 1 N–H and O–H groups in total. The molecule has 0 aromatic heterocycles. The van der Waals surface area contributed by atoms with Gasteiger partial charge in [0.1, 0.15) is 18.8 Å². The van der Waals surface area contributed by atoms with E-state index in [1.165, 1.54) is 19.2 Å². The van der Waals surface area contributed by atoms with Gasteiger partial charge in [-0.2, -0.15) is 0 Å². The summed E-state index contributed by atoms with van der Waals surface area (Å²) in [6, 6.07) is 8.30. The van der Waals surface area contributed by atoms with E-state index in [0.29, 0.717) is 0 Å². The third-order valence-corrected chi connectivity index (χ3v) is 4.02. The Morgan fingerprint density at radius 3 is 2.40 bits per heavy atom. The number of anilines is 1. The number of esters is 2. The molecule has 0 radical (unpaired) electrons. The smallest absolute Gasteiger partial charge is 0.345 e. The molecule has 1 heterocycles. The molecule has 0 aliphatic carbocycles. The van der Waals surface area contributed by atoms with Crippen LogP contribution in [0.5, 0.6) is 11.5 Å². The Morgan fingerprint density at radius 2 is 1.73 bits per heavy atom. The zero-order chi connectivity index (χ0) is 21.7. The van der Waals surface area contributed by atoms with Gasteiger partial charge >= 0.3 is 11.9 Å². The van der Waals surface area contributed by atoms with E-state index in [0.717, 1.165) is 12.1 Å². The summed E-state index contributed by atoms with van der Waals surface area (Å²) in [5, 5.41) is 13.7. The van der Waals surface area contributed by atoms with Crippen LogP contribution in [0.15, 0.2) is 36.4 Å². The molecule has 1 aliphatic heterocycles. The minimum Gasteiger partial charge on any atom is -0.486 e. The van der Waals surface area contributed by atoms with Crippen LogP contribution >= 0.6 is 0 Å². The Morgan fingerprint density at radius 1 is 1.07 bits per heavy atom. The maximum absolute atomic E-state index is 12.4. The first kappa shape index (κ1) is 20.6. The summed E-state index contributed by atoms with van der Waals surface area (Å²) in [5.74, 6) is -2.19. The molecular formula is C19H16N2O9. The van der Waals surface area contributed by atoms with Crippen molar-refractivity contribution in [1.29, 1.82) is 0 Å². The lowest BCUT2D eigenvalue weighted by molar-refractivity contribution is -0.385. The number of amides is 1. The molecule has 2 aromatic rings. The molecule has 0 unspecified atom stereocenters. The van der Waals surface area contributed by atoms with Crippen molar-refractivity contribution in [2.45, 2.75) is 0 Å². The number of hydrogen-bond donors (Lipinski definition) is 1. The van der Waals surface area contributed by atoms with Gasteiger partial charge in [-0.1, -0.05) is 12.1 Å². The number of nitrogens with zero attached hydrogens (tertiary/aromatic N) is 1. The molecule has 156 valence electrons. The van der Waals surface area contributed by atoms with E-state index in [2.05, 4.69) is 10.1 Å².